The summed E-state index contributed by atoms with van der Waals surface area (Å²) in [4.78, 5) is 8.14. The topological polar surface area (TPSA) is 33.6 Å². The highest BCUT2D eigenvalue weighted by molar-refractivity contribution is 5.81. The third-order valence-electron chi connectivity index (χ3n) is 6.25. The van der Waals surface area contributed by atoms with Gasteiger partial charge in [-0.05, 0) is 84.3 Å². The molecule has 0 bridgehead atoms. The fourth-order valence-electron chi connectivity index (χ4n) is 4.81. The molecule has 2 aliphatic carbocycles. The van der Waals surface area contributed by atoms with Crippen LogP contribution in [0.5, 0.6) is 0 Å². The molecule has 0 amide bonds. The number of nitrogens with one attached hydrogen (secondary N) is 1. The van der Waals surface area contributed by atoms with Gasteiger partial charge in [-0.1, -0.05) is 42.5 Å². The van der Waals surface area contributed by atoms with Crippen molar-refractivity contribution in [2.24, 2.45) is 0 Å². The van der Waals surface area contributed by atoms with E-state index in [0.29, 0.717) is 0 Å². The Labute approximate surface area is 176 Å². The molecule has 0 radical (unpaired) electrons. The van der Waals surface area contributed by atoms with Gasteiger partial charge in [0.2, 0.25) is 0 Å². The summed E-state index contributed by atoms with van der Waals surface area (Å²) in [5.74, 6) is 0. The van der Waals surface area contributed by atoms with Gasteiger partial charge in [0.1, 0.15) is 0 Å². The summed E-state index contributed by atoms with van der Waals surface area (Å²) in [6, 6.07) is 22.3. The number of aromatic nitrogens is 3. The summed E-state index contributed by atoms with van der Waals surface area (Å²) in [7, 11) is 0. The quantitative estimate of drug-likeness (QED) is 0.358. The molecule has 3 nitrogen and oxygen atoms in total. The average molecular weight is 390 g/mol. The monoisotopic (exact) mass is 389 g/mol. The van der Waals surface area contributed by atoms with Gasteiger partial charge in [-0.15, -0.1) is 0 Å². The Morgan fingerprint density at radius 1 is 0.933 bits per heavy atom. The molecule has 146 valence electrons. The molecule has 2 aliphatic rings. The van der Waals surface area contributed by atoms with Crippen LogP contribution in [0.3, 0.4) is 0 Å². The minimum absolute atomic E-state index is 0.976. The van der Waals surface area contributed by atoms with Crippen molar-refractivity contribution in [1.82, 2.24) is 14.5 Å². The van der Waals surface area contributed by atoms with Crippen LogP contribution in [0.4, 0.5) is 0 Å². The van der Waals surface area contributed by atoms with E-state index in [-0.39, 0.29) is 0 Å². The van der Waals surface area contributed by atoms with Crippen LogP contribution in [0.15, 0.2) is 73.1 Å². The van der Waals surface area contributed by atoms with E-state index < -0.39 is 0 Å². The maximum atomic E-state index is 4.73. The van der Waals surface area contributed by atoms with Crippen LogP contribution >= 0.6 is 0 Å². The standard InChI is InChI=1S/C27H23N3/c1-18-10-13-27-25(14-18)29-17-28-24-8-4-5-9-26(24)30(27)21-12-11-20-15-19-6-2-3-7-22(19)23(20)16-21/h2-4,6-8,10-14,16-17H,5,9,15H2,1H3,(H,28,29). The molecule has 6 rings (SSSR count). The van der Waals surface area contributed by atoms with Gasteiger partial charge in [-0.2, -0.15) is 0 Å². The first kappa shape index (κ1) is 17.3. The molecular formula is C27H23N3. The summed E-state index contributed by atoms with van der Waals surface area (Å²) in [6.07, 6.45) is 9.21. The molecule has 0 saturated carbocycles. The second-order valence-corrected chi connectivity index (χ2v) is 8.21. The predicted octanol–water partition coefficient (Wildman–Crippen LogP) is 6.32. The van der Waals surface area contributed by atoms with Crippen LogP contribution < -0.4 is 0 Å². The molecule has 0 atom stereocenters. The van der Waals surface area contributed by atoms with E-state index in [1.165, 1.54) is 44.7 Å². The van der Waals surface area contributed by atoms with Crippen LogP contribution in [-0.4, -0.2) is 14.5 Å². The number of hydrogen-bond acceptors (Lipinski definition) is 1. The van der Waals surface area contributed by atoms with Gasteiger partial charge in [0.05, 0.1) is 23.1 Å². The molecular weight excluding hydrogens is 366 g/mol. The van der Waals surface area contributed by atoms with Gasteiger partial charge in [-0.25, -0.2) is 4.98 Å². The number of allylic oxidation sites excluding steroid dienone is 1. The average Bonchev–Trinajstić information content (AvgIpc) is 3.13. The van der Waals surface area contributed by atoms with Crippen LogP contribution in [0.1, 0.15) is 34.5 Å². The summed E-state index contributed by atoms with van der Waals surface area (Å²) in [5, 5.41) is 0. The molecule has 0 saturated heterocycles. The fourth-order valence-corrected chi connectivity index (χ4v) is 4.81. The number of benzene rings is 3. The number of aromatic amines is 1. The van der Waals surface area contributed by atoms with E-state index in [9.17, 15) is 0 Å². The lowest BCUT2D eigenvalue weighted by Gasteiger charge is -2.20. The van der Waals surface area contributed by atoms with Crippen molar-refractivity contribution < 1.29 is 0 Å². The molecule has 3 aromatic carbocycles. The molecule has 1 N–H and O–H groups in total. The minimum atomic E-state index is 0.976. The van der Waals surface area contributed by atoms with Crippen molar-refractivity contribution >= 4 is 17.1 Å². The number of H-pyrrole nitrogens is 1. The molecule has 0 fully saturated rings. The smallest absolute Gasteiger partial charge is 0.0931 e. The third kappa shape index (κ3) is 2.70. The van der Waals surface area contributed by atoms with E-state index in [0.717, 1.165) is 30.5 Å². The van der Waals surface area contributed by atoms with Crippen molar-refractivity contribution in [2.45, 2.75) is 26.2 Å². The van der Waals surface area contributed by atoms with E-state index in [4.69, 9.17) is 4.98 Å². The van der Waals surface area contributed by atoms with Gasteiger partial charge in [0.25, 0.3) is 0 Å². The Hall–Kier alpha value is -3.59. The Morgan fingerprint density at radius 2 is 1.83 bits per heavy atom. The van der Waals surface area contributed by atoms with E-state index in [1.54, 1.807) is 0 Å². The van der Waals surface area contributed by atoms with Crippen LogP contribution in [0.25, 0.3) is 33.9 Å². The first-order valence-electron chi connectivity index (χ1n) is 10.6. The van der Waals surface area contributed by atoms with Crippen molar-refractivity contribution in [1.29, 1.82) is 0 Å². The highest BCUT2D eigenvalue weighted by Crippen LogP contribution is 2.38. The van der Waals surface area contributed by atoms with Gasteiger partial charge in [0, 0.05) is 11.4 Å². The zero-order valence-electron chi connectivity index (χ0n) is 17.0. The van der Waals surface area contributed by atoms with Gasteiger partial charge in [0.15, 0.2) is 0 Å². The van der Waals surface area contributed by atoms with Crippen LogP contribution in [0.2, 0.25) is 0 Å². The fraction of sp³-hybridized carbons (Fsp3) is 0.148. The lowest BCUT2D eigenvalue weighted by molar-refractivity contribution is 0.858. The minimum Gasteiger partial charge on any atom is -0.345 e. The maximum absolute atomic E-state index is 4.73. The van der Waals surface area contributed by atoms with Gasteiger partial charge in [-0.3, -0.25) is 0 Å². The molecule has 3 heteroatoms. The number of aryl methyl sites for hydroxylation is 1. The Bertz CT molecular complexity index is 1380. The molecule has 0 aliphatic heterocycles. The van der Waals surface area contributed by atoms with E-state index >= 15 is 0 Å². The van der Waals surface area contributed by atoms with Gasteiger partial charge >= 0.3 is 0 Å². The second kappa shape index (κ2) is 6.74. The predicted molar refractivity (Wildman–Crippen MR) is 123 cm³/mol. The Balaban J connectivity index is 1.70. The zero-order chi connectivity index (χ0) is 20.1. The first-order chi connectivity index (χ1) is 14.8. The van der Waals surface area contributed by atoms with E-state index in [2.05, 4.69) is 89.3 Å². The van der Waals surface area contributed by atoms with Crippen LogP contribution in [0, 0.1) is 6.92 Å². The Kier molecular flexibility index (Phi) is 3.88. The lowest BCUT2D eigenvalue weighted by Crippen LogP contribution is -2.10. The SMILES string of the molecule is Cc1ccc2c(c1)[nH]cnc1c(n2-c2ccc3c(c2)-c2ccccc2C3)CCC=C1. The Morgan fingerprint density at radius 3 is 2.80 bits per heavy atom. The van der Waals surface area contributed by atoms with Crippen molar-refractivity contribution in [2.75, 3.05) is 0 Å². The number of nitrogens with zero attached hydrogens (tertiary/aromatic N) is 2. The number of hydrogen-bond donors (Lipinski definition) is 1. The lowest BCUT2D eigenvalue weighted by atomic mass is 10.0. The normalized spacial score (nSPS) is 13.6. The second-order valence-electron chi connectivity index (χ2n) is 8.21. The number of rotatable bonds is 1. The van der Waals surface area contributed by atoms with Crippen molar-refractivity contribution in [3.8, 4) is 16.8 Å². The molecule has 4 aromatic rings. The first-order valence-corrected chi connectivity index (χ1v) is 10.6. The summed E-state index contributed by atoms with van der Waals surface area (Å²) < 4.78 is 2.40. The molecule has 0 unspecified atom stereocenters. The summed E-state index contributed by atoms with van der Waals surface area (Å²) >= 11 is 0. The van der Waals surface area contributed by atoms with E-state index in [1.807, 2.05) is 6.33 Å². The van der Waals surface area contributed by atoms with Crippen LogP contribution in [-0.2, 0) is 12.8 Å². The molecule has 1 aromatic heterocycles. The highest BCUT2D eigenvalue weighted by atomic mass is 15.0. The van der Waals surface area contributed by atoms with Crippen molar-refractivity contribution in [3.63, 3.8) is 0 Å². The largest absolute Gasteiger partial charge is 0.345 e. The molecule has 0 spiro atoms. The summed E-state index contributed by atoms with van der Waals surface area (Å²) in [6.45, 7) is 2.13. The number of fused-ring (bicyclic) bond motifs is 5. The zero-order valence-corrected chi connectivity index (χ0v) is 17.0. The molecule has 30 heavy (non-hydrogen) atoms. The van der Waals surface area contributed by atoms with Crippen molar-refractivity contribution in [3.05, 3.63) is 101 Å². The summed E-state index contributed by atoms with van der Waals surface area (Å²) in [5.41, 5.74) is 12.5. The third-order valence-corrected chi connectivity index (χ3v) is 6.25. The maximum Gasteiger partial charge on any atom is 0.0931 e. The van der Waals surface area contributed by atoms with Gasteiger partial charge < -0.3 is 9.55 Å². The highest BCUT2D eigenvalue weighted by Gasteiger charge is 2.20. The molecule has 1 heterocycles.